The first kappa shape index (κ1) is 10.4. The largest absolute Gasteiger partial charge is 0.380 e. The topological polar surface area (TPSA) is 49.3 Å². The van der Waals surface area contributed by atoms with Crippen LogP contribution >= 0.6 is 0 Å². The quantitative estimate of drug-likeness (QED) is 0.636. The molecule has 0 aliphatic carbocycles. The van der Waals surface area contributed by atoms with E-state index in [1.807, 2.05) is 13.8 Å². The fourth-order valence-electron chi connectivity index (χ4n) is 0.578. The molecule has 0 aromatic carbocycles. The number of aliphatic hydroxyl groups is 1. The zero-order chi connectivity index (χ0) is 9.07. The molecule has 66 valence electrons. The first-order valence-electron chi connectivity index (χ1n) is 3.93. The van der Waals surface area contributed by atoms with Crippen molar-refractivity contribution in [1.29, 1.82) is 0 Å². The maximum Gasteiger partial charge on any atom is 0.251 e. The lowest BCUT2D eigenvalue weighted by atomic mass is 10.0. The van der Waals surface area contributed by atoms with Crippen LogP contribution in [0.1, 0.15) is 34.1 Å². The van der Waals surface area contributed by atoms with Crippen LogP contribution in [-0.4, -0.2) is 22.7 Å². The number of amides is 1. The Hall–Kier alpha value is -0.570. The molecule has 0 aliphatic rings. The molecule has 0 aromatic heterocycles. The predicted octanol–water partition coefficient (Wildman–Crippen LogP) is 0.672. The minimum Gasteiger partial charge on any atom is -0.380 e. The van der Waals surface area contributed by atoms with Crippen LogP contribution in [0.3, 0.4) is 0 Å². The summed E-state index contributed by atoms with van der Waals surface area (Å²) in [5.74, 6) is -0.296. The molecule has 0 aliphatic heterocycles. The molecule has 2 N–H and O–H groups in total. The van der Waals surface area contributed by atoms with Crippen LogP contribution < -0.4 is 5.32 Å². The predicted molar refractivity (Wildman–Crippen MR) is 44.2 cm³/mol. The Morgan fingerprint density at radius 1 is 1.64 bits per heavy atom. The van der Waals surface area contributed by atoms with Crippen molar-refractivity contribution >= 4 is 5.91 Å². The van der Waals surface area contributed by atoms with Gasteiger partial charge in [-0.15, -0.1) is 0 Å². The second kappa shape index (κ2) is 3.72. The Labute approximate surface area is 67.8 Å². The summed E-state index contributed by atoms with van der Waals surface area (Å²) in [5.41, 5.74) is -1.22. The summed E-state index contributed by atoms with van der Waals surface area (Å²) in [6.07, 6.45) is 0.436. The maximum atomic E-state index is 11.1. The Balaban J connectivity index is 4.02. The molecule has 1 unspecified atom stereocenters. The lowest BCUT2D eigenvalue weighted by Crippen LogP contribution is -2.46. The molecule has 0 saturated heterocycles. The van der Waals surface area contributed by atoms with Crippen LogP contribution in [0.4, 0.5) is 0 Å². The van der Waals surface area contributed by atoms with Crippen LogP contribution in [0.2, 0.25) is 0 Å². The zero-order valence-electron chi connectivity index (χ0n) is 7.64. The maximum absolute atomic E-state index is 11.1. The summed E-state index contributed by atoms with van der Waals surface area (Å²) in [5, 5.41) is 12.1. The molecule has 3 heteroatoms. The van der Waals surface area contributed by atoms with E-state index in [0.717, 1.165) is 0 Å². The summed E-state index contributed by atoms with van der Waals surface area (Å²) < 4.78 is 0. The Kier molecular flexibility index (Phi) is 3.52. The lowest BCUT2D eigenvalue weighted by Gasteiger charge is -2.21. The standard InChI is InChI=1S/C8H17NO2/c1-5-8(4,11)7(10)9-6(2)3/h6,11H,5H2,1-4H3,(H,9,10). The molecular weight excluding hydrogens is 142 g/mol. The van der Waals surface area contributed by atoms with Gasteiger partial charge in [0.25, 0.3) is 5.91 Å². The van der Waals surface area contributed by atoms with E-state index in [1.165, 1.54) is 6.92 Å². The van der Waals surface area contributed by atoms with Crippen LogP contribution in [0.15, 0.2) is 0 Å². The monoisotopic (exact) mass is 159 g/mol. The molecule has 0 radical (unpaired) electrons. The zero-order valence-corrected chi connectivity index (χ0v) is 7.64. The number of hydrogen-bond acceptors (Lipinski definition) is 2. The van der Waals surface area contributed by atoms with Crippen molar-refractivity contribution in [1.82, 2.24) is 5.32 Å². The second-order valence-corrected chi connectivity index (χ2v) is 3.26. The highest BCUT2D eigenvalue weighted by molar-refractivity contribution is 5.84. The molecule has 3 nitrogen and oxygen atoms in total. The van der Waals surface area contributed by atoms with E-state index in [9.17, 15) is 9.90 Å². The van der Waals surface area contributed by atoms with Gasteiger partial charge >= 0.3 is 0 Å². The highest BCUT2D eigenvalue weighted by atomic mass is 16.3. The van der Waals surface area contributed by atoms with Gasteiger partial charge in [0.15, 0.2) is 0 Å². The Morgan fingerprint density at radius 3 is 2.36 bits per heavy atom. The van der Waals surface area contributed by atoms with Gasteiger partial charge in [0, 0.05) is 6.04 Å². The van der Waals surface area contributed by atoms with E-state index in [0.29, 0.717) is 6.42 Å². The van der Waals surface area contributed by atoms with Crippen LogP contribution in [0.5, 0.6) is 0 Å². The fraction of sp³-hybridized carbons (Fsp3) is 0.875. The first-order chi connectivity index (χ1) is 4.90. The number of rotatable bonds is 3. The van der Waals surface area contributed by atoms with Gasteiger partial charge in [-0.3, -0.25) is 4.79 Å². The number of carbonyl (C=O) groups is 1. The summed E-state index contributed by atoms with van der Waals surface area (Å²) in [4.78, 5) is 11.1. The molecule has 0 saturated carbocycles. The molecule has 1 atom stereocenters. The molecule has 11 heavy (non-hydrogen) atoms. The average Bonchev–Trinajstić information content (AvgIpc) is 1.86. The van der Waals surface area contributed by atoms with E-state index in [4.69, 9.17) is 0 Å². The van der Waals surface area contributed by atoms with Gasteiger partial charge in [0.05, 0.1) is 0 Å². The van der Waals surface area contributed by atoms with Crippen molar-refractivity contribution < 1.29 is 9.90 Å². The molecule has 1 amide bonds. The molecule has 0 heterocycles. The van der Waals surface area contributed by atoms with E-state index >= 15 is 0 Å². The van der Waals surface area contributed by atoms with Gasteiger partial charge in [-0.2, -0.15) is 0 Å². The van der Waals surface area contributed by atoms with Crippen LogP contribution in [0.25, 0.3) is 0 Å². The minimum absolute atomic E-state index is 0.0838. The summed E-state index contributed by atoms with van der Waals surface area (Å²) in [6, 6.07) is 0.0838. The van der Waals surface area contributed by atoms with Gasteiger partial charge < -0.3 is 10.4 Å². The number of nitrogens with one attached hydrogen (secondary N) is 1. The van der Waals surface area contributed by atoms with Crippen LogP contribution in [-0.2, 0) is 4.79 Å². The second-order valence-electron chi connectivity index (χ2n) is 3.26. The van der Waals surface area contributed by atoms with Gasteiger partial charge in [-0.05, 0) is 27.2 Å². The van der Waals surface area contributed by atoms with E-state index in [1.54, 1.807) is 6.92 Å². The molecule has 0 spiro atoms. The third-order valence-electron chi connectivity index (χ3n) is 1.60. The van der Waals surface area contributed by atoms with Crippen molar-refractivity contribution in [3.05, 3.63) is 0 Å². The number of hydrogen-bond donors (Lipinski definition) is 2. The third-order valence-corrected chi connectivity index (χ3v) is 1.60. The molecule has 0 rings (SSSR count). The van der Waals surface area contributed by atoms with Crippen molar-refractivity contribution in [2.24, 2.45) is 0 Å². The van der Waals surface area contributed by atoms with Gasteiger partial charge in [0.1, 0.15) is 5.60 Å². The molecule has 0 fully saturated rings. The highest BCUT2D eigenvalue weighted by Crippen LogP contribution is 2.07. The van der Waals surface area contributed by atoms with Crippen molar-refractivity contribution in [2.75, 3.05) is 0 Å². The van der Waals surface area contributed by atoms with Crippen LogP contribution in [0, 0.1) is 0 Å². The summed E-state index contributed by atoms with van der Waals surface area (Å²) >= 11 is 0. The minimum atomic E-state index is -1.22. The summed E-state index contributed by atoms with van der Waals surface area (Å²) in [6.45, 7) is 7.03. The van der Waals surface area contributed by atoms with Crippen molar-refractivity contribution in [2.45, 2.75) is 45.8 Å². The molecule has 0 aromatic rings. The van der Waals surface area contributed by atoms with Crippen molar-refractivity contribution in [3.8, 4) is 0 Å². The SMILES string of the molecule is CCC(C)(O)C(=O)NC(C)C. The smallest absolute Gasteiger partial charge is 0.251 e. The van der Waals surface area contributed by atoms with E-state index in [2.05, 4.69) is 5.32 Å². The van der Waals surface area contributed by atoms with Gasteiger partial charge in [-0.1, -0.05) is 6.92 Å². The first-order valence-corrected chi connectivity index (χ1v) is 3.93. The normalized spacial score (nSPS) is 16.2. The van der Waals surface area contributed by atoms with Crippen molar-refractivity contribution in [3.63, 3.8) is 0 Å². The van der Waals surface area contributed by atoms with E-state index < -0.39 is 5.60 Å². The lowest BCUT2D eigenvalue weighted by molar-refractivity contribution is -0.138. The Morgan fingerprint density at radius 2 is 2.09 bits per heavy atom. The number of carbonyl (C=O) groups excluding carboxylic acids is 1. The summed E-state index contributed by atoms with van der Waals surface area (Å²) in [7, 11) is 0. The highest BCUT2D eigenvalue weighted by Gasteiger charge is 2.27. The van der Waals surface area contributed by atoms with Gasteiger partial charge in [-0.25, -0.2) is 0 Å². The van der Waals surface area contributed by atoms with E-state index in [-0.39, 0.29) is 11.9 Å². The Bertz CT molecular complexity index is 141. The molecule has 0 bridgehead atoms. The third kappa shape index (κ3) is 3.37. The fourth-order valence-corrected chi connectivity index (χ4v) is 0.578. The average molecular weight is 159 g/mol. The molecular formula is C8H17NO2. The van der Waals surface area contributed by atoms with Gasteiger partial charge in [0.2, 0.25) is 0 Å².